The van der Waals surface area contributed by atoms with Crippen molar-refractivity contribution in [3.05, 3.63) is 40.2 Å². The molecule has 2 aromatic carbocycles. The van der Waals surface area contributed by atoms with Crippen molar-refractivity contribution >= 4 is 28.2 Å². The third kappa shape index (κ3) is 3.48. The van der Waals surface area contributed by atoms with E-state index in [0.717, 1.165) is 7.11 Å². The van der Waals surface area contributed by atoms with E-state index < -0.39 is 87.9 Å². The fourth-order valence-electron chi connectivity index (χ4n) is 6.33. The number of amides is 1. The summed E-state index contributed by atoms with van der Waals surface area (Å²) in [5, 5.41) is 64.9. The Morgan fingerprint density at radius 1 is 1.10 bits per heavy atom. The molecule has 1 aliphatic heterocycles. The number of primary amides is 1. The zero-order chi connectivity index (χ0) is 29.4. The molecule has 5 rings (SSSR count). The Bertz CT molecular complexity index is 1490. The minimum Gasteiger partial charge on any atom is -0.508 e. The zero-order valence-electron chi connectivity index (χ0n) is 21.7. The second-order valence-corrected chi connectivity index (χ2v) is 10.3. The molecular formula is C27H29NO12. The molecule has 13 nitrogen and oxygen atoms in total. The number of carbonyl (C=O) groups excluding carboxylic acids is 3. The van der Waals surface area contributed by atoms with Crippen molar-refractivity contribution in [1.29, 1.82) is 0 Å². The molecule has 40 heavy (non-hydrogen) atoms. The van der Waals surface area contributed by atoms with Gasteiger partial charge < -0.3 is 50.6 Å². The highest BCUT2D eigenvalue weighted by atomic mass is 16.5. The van der Waals surface area contributed by atoms with Crippen molar-refractivity contribution in [3.8, 4) is 17.2 Å². The predicted molar refractivity (Wildman–Crippen MR) is 135 cm³/mol. The number of phenols is 2. The fraction of sp³-hybridized carbons (Fsp3) is 0.444. The molecule has 8 N–H and O–H groups in total. The Balaban J connectivity index is 1.78. The van der Waals surface area contributed by atoms with Crippen LogP contribution < -0.4 is 10.5 Å². The van der Waals surface area contributed by atoms with Gasteiger partial charge in [-0.1, -0.05) is 6.07 Å². The number of hydrogen-bond donors (Lipinski definition) is 7. The van der Waals surface area contributed by atoms with Crippen LogP contribution in [-0.2, 0) is 25.5 Å². The first kappa shape index (κ1) is 27.8. The Hall–Kier alpha value is -3.75. The molecule has 7 atom stereocenters. The normalized spacial score (nSPS) is 32.1. The highest BCUT2D eigenvalue weighted by Crippen LogP contribution is 2.54. The molecule has 0 aromatic heterocycles. The summed E-state index contributed by atoms with van der Waals surface area (Å²) in [6.07, 6.45) is -6.30. The average molecular weight is 560 g/mol. The quantitative estimate of drug-likeness (QED) is 0.242. The number of phenolic OH excluding ortho intramolecular Hbond substituents is 2. The van der Waals surface area contributed by atoms with Crippen LogP contribution in [-0.4, -0.2) is 92.3 Å². The summed E-state index contributed by atoms with van der Waals surface area (Å²) >= 11 is 0. The molecule has 1 amide bonds. The van der Waals surface area contributed by atoms with Gasteiger partial charge in [0.05, 0.1) is 36.4 Å². The largest absolute Gasteiger partial charge is 0.508 e. The smallest absolute Gasteiger partial charge is 0.255 e. The minimum atomic E-state index is -2.46. The molecule has 3 aliphatic rings. The van der Waals surface area contributed by atoms with Gasteiger partial charge in [-0.2, -0.15) is 0 Å². The number of aliphatic hydroxyl groups excluding tert-OH is 4. The summed E-state index contributed by atoms with van der Waals surface area (Å²) in [5.74, 6) is -7.34. The highest BCUT2D eigenvalue weighted by molar-refractivity contribution is 6.25. The molecule has 1 saturated heterocycles. The van der Waals surface area contributed by atoms with Gasteiger partial charge in [0.15, 0.2) is 5.60 Å². The summed E-state index contributed by atoms with van der Waals surface area (Å²) in [5.41, 5.74) is 1.61. The van der Waals surface area contributed by atoms with Crippen molar-refractivity contribution in [3.63, 3.8) is 0 Å². The van der Waals surface area contributed by atoms with Gasteiger partial charge in [0.2, 0.25) is 11.6 Å². The standard InChI is InChI=1S/C27H29NO12/c1-8-18(30)13(29)7-14(40-8)9-4-5-10-15(19(9)31)21(33)16-11(23(10)38-2)6-12-20(32)22(34)17(26(28)37)25(36)27(12,39-3)24(16)35/h4-5,8,12-14,18,20,29-33,36H,6-7H2,1-3H3,(H2,28,37)/t8?,12-,13?,14?,18?,20-,27+/m1/s1. The van der Waals surface area contributed by atoms with Crippen LogP contribution in [0, 0.1) is 5.92 Å². The predicted octanol–water partition coefficient (Wildman–Crippen LogP) is -0.188. The van der Waals surface area contributed by atoms with E-state index in [4.69, 9.17) is 19.9 Å². The second-order valence-electron chi connectivity index (χ2n) is 10.3. The monoisotopic (exact) mass is 559 g/mol. The van der Waals surface area contributed by atoms with E-state index in [1.807, 2.05) is 0 Å². The van der Waals surface area contributed by atoms with E-state index in [0.29, 0.717) is 0 Å². The number of nitrogens with two attached hydrogens (primary N) is 1. The van der Waals surface area contributed by atoms with Crippen molar-refractivity contribution < 1.29 is 59.2 Å². The van der Waals surface area contributed by atoms with Crippen molar-refractivity contribution in [2.45, 2.75) is 55.9 Å². The van der Waals surface area contributed by atoms with Crippen molar-refractivity contribution in [2.24, 2.45) is 11.7 Å². The lowest BCUT2D eigenvalue weighted by molar-refractivity contribution is -0.163. The molecule has 1 fully saturated rings. The van der Waals surface area contributed by atoms with Crippen molar-refractivity contribution in [2.75, 3.05) is 14.2 Å². The number of ketones is 2. The first-order valence-corrected chi connectivity index (χ1v) is 12.5. The molecule has 0 radical (unpaired) electrons. The SMILES string of the molecule is COc1c2c(c(O)c3c(O)c(C4CC(O)C(O)C(C)O4)ccc13)C(=O)[C@]1(OC)C(O)=C(C(N)=O)C(=O)[C@H](O)[C@H]1C2. The third-order valence-electron chi connectivity index (χ3n) is 8.33. The zero-order valence-corrected chi connectivity index (χ0v) is 21.7. The van der Waals surface area contributed by atoms with Gasteiger partial charge in [0, 0.05) is 36.0 Å². The van der Waals surface area contributed by atoms with E-state index in [-0.39, 0.29) is 40.5 Å². The van der Waals surface area contributed by atoms with E-state index in [2.05, 4.69) is 0 Å². The van der Waals surface area contributed by atoms with Crippen LogP contribution in [0.3, 0.4) is 0 Å². The maximum Gasteiger partial charge on any atom is 0.255 e. The lowest BCUT2D eigenvalue weighted by atomic mass is 9.62. The maximum absolute atomic E-state index is 14.1. The Morgan fingerprint density at radius 2 is 1.77 bits per heavy atom. The Morgan fingerprint density at radius 3 is 2.35 bits per heavy atom. The van der Waals surface area contributed by atoms with E-state index in [1.54, 1.807) is 6.92 Å². The molecular weight excluding hydrogens is 530 g/mol. The second kappa shape index (κ2) is 9.42. The maximum atomic E-state index is 14.1. The number of Topliss-reactive ketones (excluding diaryl/α,β-unsaturated/α-hetero) is 2. The van der Waals surface area contributed by atoms with E-state index >= 15 is 0 Å². The number of ether oxygens (including phenoxy) is 3. The summed E-state index contributed by atoms with van der Waals surface area (Å²) in [4.78, 5) is 38.9. The molecule has 0 spiro atoms. The van der Waals surface area contributed by atoms with E-state index in [1.165, 1.54) is 19.2 Å². The van der Waals surface area contributed by atoms with E-state index in [9.17, 15) is 45.0 Å². The molecule has 13 heteroatoms. The van der Waals surface area contributed by atoms with Crippen molar-refractivity contribution in [1.82, 2.24) is 0 Å². The summed E-state index contributed by atoms with van der Waals surface area (Å²) in [7, 11) is 2.31. The number of rotatable bonds is 4. The Labute approximate surface area is 227 Å². The third-order valence-corrected chi connectivity index (χ3v) is 8.33. The molecule has 0 saturated carbocycles. The van der Waals surface area contributed by atoms with Crippen LogP contribution in [0.2, 0.25) is 0 Å². The van der Waals surface area contributed by atoms with Crippen LogP contribution in [0.25, 0.3) is 10.8 Å². The number of methoxy groups -OCH3 is 2. The molecule has 1 heterocycles. The summed E-state index contributed by atoms with van der Waals surface area (Å²) < 4.78 is 16.8. The topological polar surface area (TPSA) is 226 Å². The van der Waals surface area contributed by atoms with Crippen LogP contribution in [0.15, 0.2) is 23.5 Å². The molecule has 0 bridgehead atoms. The van der Waals surface area contributed by atoms with Gasteiger partial charge >= 0.3 is 0 Å². The molecule has 2 aliphatic carbocycles. The molecule has 4 unspecified atom stereocenters. The first-order valence-electron chi connectivity index (χ1n) is 12.5. The number of aromatic hydroxyl groups is 2. The number of benzene rings is 2. The van der Waals surface area contributed by atoms with Crippen LogP contribution in [0.5, 0.6) is 17.2 Å². The summed E-state index contributed by atoms with van der Waals surface area (Å²) in [6, 6.07) is 2.99. The van der Waals surface area contributed by atoms with Gasteiger partial charge in [0.25, 0.3) is 5.91 Å². The number of hydrogen-bond acceptors (Lipinski definition) is 12. The van der Waals surface area contributed by atoms with Gasteiger partial charge in [-0.25, -0.2) is 0 Å². The van der Waals surface area contributed by atoms with Gasteiger partial charge in [-0.3, -0.25) is 14.4 Å². The minimum absolute atomic E-state index is 0.0416. The lowest BCUT2D eigenvalue weighted by Gasteiger charge is -2.46. The lowest BCUT2D eigenvalue weighted by Crippen LogP contribution is -2.62. The number of carbonyl (C=O) groups is 3. The van der Waals surface area contributed by atoms with Crippen LogP contribution >= 0.6 is 0 Å². The molecule has 2 aromatic rings. The van der Waals surface area contributed by atoms with Gasteiger partial charge in [-0.05, 0) is 19.4 Å². The van der Waals surface area contributed by atoms with Gasteiger partial charge in [-0.15, -0.1) is 0 Å². The first-order chi connectivity index (χ1) is 18.8. The van der Waals surface area contributed by atoms with Gasteiger partial charge in [0.1, 0.15) is 40.8 Å². The van der Waals surface area contributed by atoms with Crippen LogP contribution in [0.1, 0.15) is 40.9 Å². The summed E-state index contributed by atoms with van der Waals surface area (Å²) in [6.45, 7) is 1.55. The molecule has 214 valence electrons. The Kier molecular flexibility index (Phi) is 6.55. The highest BCUT2D eigenvalue weighted by Gasteiger charge is 2.63. The van der Waals surface area contributed by atoms with Crippen LogP contribution in [0.4, 0.5) is 0 Å². The number of aliphatic hydroxyl groups is 4. The fourth-order valence-corrected chi connectivity index (χ4v) is 6.33. The number of fused-ring (bicyclic) bond motifs is 3. The average Bonchev–Trinajstić information content (AvgIpc) is 2.90.